The molecule has 1 aromatic rings. The van der Waals surface area contributed by atoms with Crippen LogP contribution < -0.4 is 10.6 Å². The van der Waals surface area contributed by atoms with Crippen LogP contribution in [0.15, 0.2) is 0 Å². The van der Waals surface area contributed by atoms with E-state index in [0.717, 1.165) is 54.2 Å². The fourth-order valence-corrected chi connectivity index (χ4v) is 3.53. The Morgan fingerprint density at radius 1 is 1.20 bits per heavy atom. The van der Waals surface area contributed by atoms with E-state index in [1.807, 2.05) is 0 Å². The van der Waals surface area contributed by atoms with Crippen LogP contribution in [0.5, 0.6) is 0 Å². The lowest BCUT2D eigenvalue weighted by Crippen LogP contribution is -2.17. The summed E-state index contributed by atoms with van der Waals surface area (Å²) in [6, 6.07) is 0. The third kappa shape index (κ3) is 4.01. The van der Waals surface area contributed by atoms with Crippen LogP contribution >= 0.6 is 11.8 Å². The molecule has 1 aromatic heterocycles. The molecule has 1 saturated heterocycles. The highest BCUT2D eigenvalue weighted by molar-refractivity contribution is 8.00. The predicted molar refractivity (Wildman–Crippen MR) is 88.9 cm³/mol. The maximum Gasteiger partial charge on any atom is 0.134 e. The van der Waals surface area contributed by atoms with Crippen molar-refractivity contribution in [1.29, 1.82) is 0 Å². The van der Waals surface area contributed by atoms with Crippen molar-refractivity contribution in [3.05, 3.63) is 11.4 Å². The van der Waals surface area contributed by atoms with Crippen molar-refractivity contribution in [3.63, 3.8) is 0 Å². The minimum Gasteiger partial charge on any atom is -0.370 e. The number of nitrogens with zero attached hydrogens (tertiary/aromatic N) is 2. The molecule has 0 bridgehead atoms. The molecule has 5 heteroatoms. The Bertz CT molecular complexity index is 430. The summed E-state index contributed by atoms with van der Waals surface area (Å²) < 4.78 is 0. The molecule has 4 nitrogen and oxygen atoms in total. The number of rotatable bonds is 7. The van der Waals surface area contributed by atoms with Crippen LogP contribution in [0.25, 0.3) is 0 Å². The summed E-state index contributed by atoms with van der Waals surface area (Å²) in [5, 5.41) is 7.68. The molecule has 1 atom stereocenters. The highest BCUT2D eigenvalue weighted by Crippen LogP contribution is 2.27. The molecule has 20 heavy (non-hydrogen) atoms. The average Bonchev–Trinajstić information content (AvgIpc) is 2.98. The Morgan fingerprint density at radius 2 is 1.95 bits per heavy atom. The normalized spacial score (nSPS) is 18.2. The summed E-state index contributed by atoms with van der Waals surface area (Å²) in [6.07, 6.45) is 4.65. The van der Waals surface area contributed by atoms with Crippen LogP contribution in [0.1, 0.15) is 44.5 Å². The lowest BCUT2D eigenvalue weighted by atomic mass is 10.2. The number of hydrogen-bond donors (Lipinski definition) is 2. The van der Waals surface area contributed by atoms with Crippen molar-refractivity contribution < 1.29 is 0 Å². The maximum absolute atomic E-state index is 4.65. The number of anilines is 2. The molecule has 0 radical (unpaired) electrons. The van der Waals surface area contributed by atoms with Gasteiger partial charge in [-0.3, -0.25) is 0 Å². The fourth-order valence-electron chi connectivity index (χ4n) is 2.32. The largest absolute Gasteiger partial charge is 0.370 e. The van der Waals surface area contributed by atoms with Crippen molar-refractivity contribution in [2.75, 3.05) is 29.5 Å². The summed E-state index contributed by atoms with van der Waals surface area (Å²) in [5.74, 6) is 4.21. The molecule has 0 aliphatic carbocycles. The predicted octanol–water partition coefficient (Wildman–Crippen LogP) is 3.48. The smallest absolute Gasteiger partial charge is 0.134 e. The number of aryl methyl sites for hydroxylation is 1. The van der Waals surface area contributed by atoms with E-state index in [-0.39, 0.29) is 0 Å². The highest BCUT2D eigenvalue weighted by atomic mass is 32.2. The van der Waals surface area contributed by atoms with Gasteiger partial charge < -0.3 is 10.6 Å². The van der Waals surface area contributed by atoms with E-state index < -0.39 is 0 Å². The van der Waals surface area contributed by atoms with Gasteiger partial charge in [0.2, 0.25) is 0 Å². The van der Waals surface area contributed by atoms with Gasteiger partial charge in [0.05, 0.1) is 0 Å². The Labute approximate surface area is 126 Å². The quantitative estimate of drug-likeness (QED) is 0.806. The van der Waals surface area contributed by atoms with Gasteiger partial charge in [-0.05, 0) is 31.9 Å². The molecular formula is C15H26N4S. The lowest BCUT2D eigenvalue weighted by molar-refractivity contribution is 0.800. The van der Waals surface area contributed by atoms with E-state index >= 15 is 0 Å². The van der Waals surface area contributed by atoms with Gasteiger partial charge in [-0.25, -0.2) is 9.97 Å². The SMILES string of the molecule is CCCNc1nc(CC)nc(NCC2CCCS2)c1C. The molecule has 2 N–H and O–H groups in total. The van der Waals surface area contributed by atoms with E-state index in [0.29, 0.717) is 0 Å². The molecule has 112 valence electrons. The molecule has 0 aromatic carbocycles. The molecule has 0 amide bonds. The van der Waals surface area contributed by atoms with Gasteiger partial charge in [0.25, 0.3) is 0 Å². The zero-order chi connectivity index (χ0) is 14.4. The van der Waals surface area contributed by atoms with Gasteiger partial charge in [-0.15, -0.1) is 0 Å². The van der Waals surface area contributed by atoms with E-state index in [1.54, 1.807) is 0 Å². The molecule has 2 heterocycles. The van der Waals surface area contributed by atoms with Gasteiger partial charge in [-0.2, -0.15) is 11.8 Å². The first kappa shape index (κ1) is 15.4. The van der Waals surface area contributed by atoms with Crippen LogP contribution in [0.4, 0.5) is 11.6 Å². The van der Waals surface area contributed by atoms with Crippen LogP contribution in [0.2, 0.25) is 0 Å². The van der Waals surface area contributed by atoms with E-state index in [2.05, 4.69) is 53.1 Å². The molecule has 1 aliphatic rings. The van der Waals surface area contributed by atoms with E-state index in [9.17, 15) is 0 Å². The van der Waals surface area contributed by atoms with Crippen molar-refractivity contribution in [2.24, 2.45) is 0 Å². The van der Waals surface area contributed by atoms with Crippen molar-refractivity contribution in [1.82, 2.24) is 9.97 Å². The highest BCUT2D eigenvalue weighted by Gasteiger charge is 2.16. The van der Waals surface area contributed by atoms with Crippen molar-refractivity contribution >= 4 is 23.4 Å². The van der Waals surface area contributed by atoms with Crippen molar-refractivity contribution in [3.8, 4) is 0 Å². The zero-order valence-corrected chi connectivity index (χ0v) is 13.6. The Kier molecular flexibility index (Phi) is 5.95. The third-order valence-electron chi connectivity index (χ3n) is 3.57. The third-order valence-corrected chi connectivity index (χ3v) is 4.97. The first-order chi connectivity index (χ1) is 9.74. The van der Waals surface area contributed by atoms with Gasteiger partial charge in [0, 0.05) is 30.3 Å². The molecular weight excluding hydrogens is 268 g/mol. The summed E-state index contributed by atoms with van der Waals surface area (Å²) in [6.45, 7) is 8.34. The lowest BCUT2D eigenvalue weighted by Gasteiger charge is -2.16. The summed E-state index contributed by atoms with van der Waals surface area (Å²) >= 11 is 2.07. The monoisotopic (exact) mass is 294 g/mol. The van der Waals surface area contributed by atoms with Crippen LogP contribution in [-0.4, -0.2) is 34.1 Å². The maximum atomic E-state index is 4.65. The molecule has 0 saturated carbocycles. The first-order valence-corrected chi connectivity index (χ1v) is 8.76. The zero-order valence-electron chi connectivity index (χ0n) is 12.8. The molecule has 2 rings (SSSR count). The van der Waals surface area contributed by atoms with Crippen LogP contribution in [0, 0.1) is 6.92 Å². The second kappa shape index (κ2) is 7.72. The Balaban J connectivity index is 2.08. The second-order valence-corrected chi connectivity index (χ2v) is 6.67. The van der Waals surface area contributed by atoms with E-state index in [4.69, 9.17) is 0 Å². The second-order valence-electron chi connectivity index (χ2n) is 5.26. The van der Waals surface area contributed by atoms with Crippen molar-refractivity contribution in [2.45, 2.75) is 51.7 Å². The standard InChI is InChI=1S/C15H26N4S/c1-4-8-16-14-11(3)15(19-13(5-2)18-14)17-10-12-7-6-9-20-12/h12H,4-10H2,1-3H3,(H2,16,17,18,19). The number of thioether (sulfide) groups is 1. The summed E-state index contributed by atoms with van der Waals surface area (Å²) in [7, 11) is 0. The molecule has 1 aliphatic heterocycles. The number of nitrogens with one attached hydrogen (secondary N) is 2. The topological polar surface area (TPSA) is 49.8 Å². The van der Waals surface area contributed by atoms with Crippen LogP contribution in [0.3, 0.4) is 0 Å². The molecule has 0 spiro atoms. The minimum atomic E-state index is 0.737. The first-order valence-electron chi connectivity index (χ1n) is 7.71. The van der Waals surface area contributed by atoms with Gasteiger partial charge in [0.1, 0.15) is 17.5 Å². The fraction of sp³-hybridized carbons (Fsp3) is 0.733. The molecule has 1 unspecified atom stereocenters. The number of hydrogen-bond acceptors (Lipinski definition) is 5. The average molecular weight is 294 g/mol. The molecule has 1 fully saturated rings. The van der Waals surface area contributed by atoms with Gasteiger partial charge >= 0.3 is 0 Å². The number of aromatic nitrogens is 2. The van der Waals surface area contributed by atoms with Gasteiger partial charge in [-0.1, -0.05) is 13.8 Å². The Morgan fingerprint density at radius 3 is 2.55 bits per heavy atom. The summed E-state index contributed by atoms with van der Waals surface area (Å²) in [5.41, 5.74) is 1.14. The van der Waals surface area contributed by atoms with Gasteiger partial charge in [0.15, 0.2) is 0 Å². The van der Waals surface area contributed by atoms with Crippen LogP contribution in [-0.2, 0) is 6.42 Å². The van der Waals surface area contributed by atoms with E-state index in [1.165, 1.54) is 18.6 Å². The summed E-state index contributed by atoms with van der Waals surface area (Å²) in [4.78, 5) is 9.25. The minimum absolute atomic E-state index is 0.737. The Hall–Kier alpha value is -0.970.